The third kappa shape index (κ3) is 4.84. The molecule has 1 aliphatic heterocycles. The maximum Gasteiger partial charge on any atom is 0.0938 e. The first-order valence-corrected chi connectivity index (χ1v) is 7.30. The van der Waals surface area contributed by atoms with E-state index in [0.29, 0.717) is 13.1 Å². The van der Waals surface area contributed by atoms with Crippen LogP contribution in [-0.4, -0.2) is 60.0 Å². The standard InChI is InChI=1S/C14H30N2O2/c1-4-6-14(3,10-15-7-5-2)11-16-8-12(17)13(18)9-16/h12-13,15,17-18H,4-11H2,1-3H3. The Kier molecular flexibility index (Phi) is 6.57. The van der Waals surface area contributed by atoms with Crippen molar-refractivity contribution in [2.75, 3.05) is 32.7 Å². The lowest BCUT2D eigenvalue weighted by atomic mass is 9.85. The van der Waals surface area contributed by atoms with Crippen molar-refractivity contribution in [2.45, 2.75) is 52.2 Å². The van der Waals surface area contributed by atoms with Crippen LogP contribution in [0.25, 0.3) is 0 Å². The second-order valence-electron chi connectivity index (χ2n) is 6.07. The van der Waals surface area contributed by atoms with E-state index in [0.717, 1.165) is 26.1 Å². The van der Waals surface area contributed by atoms with Crippen molar-refractivity contribution in [3.8, 4) is 0 Å². The predicted molar refractivity (Wildman–Crippen MR) is 74.6 cm³/mol. The number of likely N-dealkylation sites (tertiary alicyclic amines) is 1. The molecule has 1 saturated heterocycles. The summed E-state index contributed by atoms with van der Waals surface area (Å²) in [4.78, 5) is 2.19. The predicted octanol–water partition coefficient (Wildman–Crippen LogP) is 0.830. The molecule has 3 N–H and O–H groups in total. The van der Waals surface area contributed by atoms with E-state index < -0.39 is 12.2 Å². The Morgan fingerprint density at radius 1 is 1.17 bits per heavy atom. The van der Waals surface area contributed by atoms with Gasteiger partial charge in [-0.25, -0.2) is 0 Å². The highest BCUT2D eigenvalue weighted by Gasteiger charge is 2.34. The summed E-state index contributed by atoms with van der Waals surface area (Å²) >= 11 is 0. The molecular weight excluding hydrogens is 228 g/mol. The van der Waals surface area contributed by atoms with Gasteiger partial charge in [-0.1, -0.05) is 27.2 Å². The highest BCUT2D eigenvalue weighted by molar-refractivity contribution is 4.88. The van der Waals surface area contributed by atoms with Gasteiger partial charge in [0.15, 0.2) is 0 Å². The van der Waals surface area contributed by atoms with Crippen LogP contribution < -0.4 is 5.32 Å². The first-order chi connectivity index (χ1) is 8.50. The molecule has 1 aliphatic rings. The van der Waals surface area contributed by atoms with Gasteiger partial charge in [-0.2, -0.15) is 0 Å². The summed E-state index contributed by atoms with van der Waals surface area (Å²) in [5.74, 6) is 0. The average Bonchev–Trinajstić information content (AvgIpc) is 2.58. The summed E-state index contributed by atoms with van der Waals surface area (Å²) in [5, 5.41) is 22.7. The van der Waals surface area contributed by atoms with Crippen molar-refractivity contribution in [2.24, 2.45) is 5.41 Å². The average molecular weight is 258 g/mol. The lowest BCUT2D eigenvalue weighted by Gasteiger charge is -2.34. The fraction of sp³-hybridized carbons (Fsp3) is 1.00. The van der Waals surface area contributed by atoms with E-state index in [1.54, 1.807) is 0 Å². The fourth-order valence-corrected chi connectivity index (χ4v) is 2.91. The van der Waals surface area contributed by atoms with E-state index in [4.69, 9.17) is 0 Å². The molecule has 108 valence electrons. The lowest BCUT2D eigenvalue weighted by molar-refractivity contribution is 0.0572. The molecule has 0 aromatic carbocycles. The maximum absolute atomic E-state index is 9.60. The zero-order chi connectivity index (χ0) is 13.6. The molecule has 0 aromatic heterocycles. The summed E-state index contributed by atoms with van der Waals surface area (Å²) in [5.41, 5.74) is 0.230. The quantitative estimate of drug-likeness (QED) is 0.565. The molecular formula is C14H30N2O2. The summed E-state index contributed by atoms with van der Waals surface area (Å²) in [6.07, 6.45) is 2.36. The van der Waals surface area contributed by atoms with Crippen molar-refractivity contribution in [3.63, 3.8) is 0 Å². The van der Waals surface area contributed by atoms with Gasteiger partial charge in [0, 0.05) is 26.2 Å². The van der Waals surface area contributed by atoms with Crippen LogP contribution in [0.2, 0.25) is 0 Å². The Labute approximate surface area is 111 Å². The van der Waals surface area contributed by atoms with Crippen LogP contribution in [0.5, 0.6) is 0 Å². The summed E-state index contributed by atoms with van der Waals surface area (Å²) < 4.78 is 0. The van der Waals surface area contributed by atoms with Crippen LogP contribution in [0, 0.1) is 5.41 Å². The zero-order valence-corrected chi connectivity index (χ0v) is 12.2. The largest absolute Gasteiger partial charge is 0.389 e. The molecule has 4 nitrogen and oxygen atoms in total. The van der Waals surface area contributed by atoms with Crippen LogP contribution in [0.3, 0.4) is 0 Å². The van der Waals surface area contributed by atoms with Crippen LogP contribution in [-0.2, 0) is 0 Å². The molecule has 0 spiro atoms. The minimum Gasteiger partial charge on any atom is -0.389 e. The first kappa shape index (κ1) is 15.9. The van der Waals surface area contributed by atoms with E-state index in [1.807, 2.05) is 0 Å². The van der Waals surface area contributed by atoms with Gasteiger partial charge in [0.1, 0.15) is 0 Å². The minimum atomic E-state index is -0.570. The van der Waals surface area contributed by atoms with E-state index in [9.17, 15) is 10.2 Å². The molecule has 0 amide bonds. The Balaban J connectivity index is 2.45. The molecule has 0 aliphatic carbocycles. The SMILES string of the molecule is CCCNCC(C)(CCC)CN1CC(O)C(O)C1. The Hall–Kier alpha value is -0.160. The van der Waals surface area contributed by atoms with Crippen LogP contribution in [0.4, 0.5) is 0 Å². The van der Waals surface area contributed by atoms with Gasteiger partial charge < -0.3 is 15.5 Å². The van der Waals surface area contributed by atoms with Crippen molar-refractivity contribution < 1.29 is 10.2 Å². The smallest absolute Gasteiger partial charge is 0.0938 e. The van der Waals surface area contributed by atoms with Gasteiger partial charge in [-0.3, -0.25) is 4.90 Å². The molecule has 1 heterocycles. The number of hydrogen-bond acceptors (Lipinski definition) is 4. The van der Waals surface area contributed by atoms with Gasteiger partial charge in [-0.15, -0.1) is 0 Å². The van der Waals surface area contributed by atoms with Crippen LogP contribution >= 0.6 is 0 Å². The van der Waals surface area contributed by atoms with E-state index in [1.165, 1.54) is 12.8 Å². The molecule has 0 bridgehead atoms. The van der Waals surface area contributed by atoms with Crippen molar-refractivity contribution in [1.82, 2.24) is 10.2 Å². The van der Waals surface area contributed by atoms with Gasteiger partial charge in [0.25, 0.3) is 0 Å². The van der Waals surface area contributed by atoms with Crippen LogP contribution in [0.1, 0.15) is 40.0 Å². The lowest BCUT2D eigenvalue weighted by Crippen LogP contribution is -2.42. The minimum absolute atomic E-state index is 0.230. The second kappa shape index (κ2) is 7.43. The maximum atomic E-state index is 9.60. The van der Waals surface area contributed by atoms with Gasteiger partial charge in [0.2, 0.25) is 0 Å². The summed E-state index contributed by atoms with van der Waals surface area (Å²) in [6.45, 7) is 10.9. The highest BCUT2D eigenvalue weighted by Crippen LogP contribution is 2.26. The molecule has 3 atom stereocenters. The number of nitrogens with zero attached hydrogens (tertiary/aromatic N) is 1. The number of nitrogens with one attached hydrogen (secondary N) is 1. The zero-order valence-electron chi connectivity index (χ0n) is 12.2. The Morgan fingerprint density at radius 2 is 1.78 bits per heavy atom. The monoisotopic (exact) mass is 258 g/mol. The van der Waals surface area contributed by atoms with E-state index in [2.05, 4.69) is 31.0 Å². The number of rotatable bonds is 8. The van der Waals surface area contributed by atoms with Crippen molar-refractivity contribution >= 4 is 0 Å². The molecule has 0 saturated carbocycles. The van der Waals surface area contributed by atoms with Gasteiger partial charge in [0.05, 0.1) is 12.2 Å². The molecule has 1 fully saturated rings. The summed E-state index contributed by atoms with van der Waals surface area (Å²) in [7, 11) is 0. The third-order valence-electron chi connectivity index (χ3n) is 3.77. The summed E-state index contributed by atoms with van der Waals surface area (Å²) in [6, 6.07) is 0. The molecule has 18 heavy (non-hydrogen) atoms. The van der Waals surface area contributed by atoms with Gasteiger partial charge >= 0.3 is 0 Å². The van der Waals surface area contributed by atoms with Gasteiger partial charge in [-0.05, 0) is 24.8 Å². The topological polar surface area (TPSA) is 55.7 Å². The molecule has 1 rings (SSSR count). The van der Waals surface area contributed by atoms with Crippen LogP contribution in [0.15, 0.2) is 0 Å². The Bertz CT molecular complexity index is 228. The first-order valence-electron chi connectivity index (χ1n) is 7.30. The van der Waals surface area contributed by atoms with E-state index in [-0.39, 0.29) is 5.41 Å². The van der Waals surface area contributed by atoms with Crippen molar-refractivity contribution in [1.29, 1.82) is 0 Å². The number of aliphatic hydroxyl groups excluding tert-OH is 2. The third-order valence-corrected chi connectivity index (χ3v) is 3.77. The number of hydrogen-bond donors (Lipinski definition) is 3. The molecule has 0 aromatic rings. The highest BCUT2D eigenvalue weighted by atomic mass is 16.3. The normalized spacial score (nSPS) is 28.5. The van der Waals surface area contributed by atoms with Crippen molar-refractivity contribution in [3.05, 3.63) is 0 Å². The number of aliphatic hydroxyl groups is 2. The fourth-order valence-electron chi connectivity index (χ4n) is 2.91. The Morgan fingerprint density at radius 3 is 2.28 bits per heavy atom. The second-order valence-corrected chi connectivity index (χ2v) is 6.07. The number of β-amino-alcohol motifs (C(OH)–C–C–N with tert-alkyl or cyclic N) is 2. The molecule has 3 unspecified atom stereocenters. The molecule has 4 heteroatoms. The molecule has 0 radical (unpaired) electrons. The van der Waals surface area contributed by atoms with E-state index >= 15 is 0 Å².